The number of nitrogens with one attached hydrogen (secondary N) is 3. The van der Waals surface area contributed by atoms with Crippen molar-refractivity contribution in [2.45, 2.75) is 12.8 Å². The molecule has 2 aromatic carbocycles. The molecule has 1 saturated heterocycles. The minimum absolute atomic E-state index is 0.0673. The monoisotopic (exact) mass is 389 g/mol. The Kier molecular flexibility index (Phi) is 4.49. The lowest BCUT2D eigenvalue weighted by atomic mass is 9.97. The Bertz CT molecular complexity index is 1130. The molecule has 29 heavy (non-hydrogen) atoms. The van der Waals surface area contributed by atoms with E-state index < -0.39 is 0 Å². The van der Waals surface area contributed by atoms with E-state index in [1.165, 1.54) is 0 Å². The zero-order chi connectivity index (χ0) is 19.6. The average molecular weight is 389 g/mol. The SMILES string of the molecule is O=C(Nc1ccc(-c2onc3ccc(-c4nn[nH]n4)cc23)cc1)C1CCNCC1. The number of carbonyl (C=O) groups excluding carboxylic acids is 1. The molecule has 1 aliphatic heterocycles. The van der Waals surface area contributed by atoms with Crippen LogP contribution in [-0.2, 0) is 4.79 Å². The summed E-state index contributed by atoms with van der Waals surface area (Å²) in [6.07, 6.45) is 1.74. The lowest BCUT2D eigenvalue weighted by Gasteiger charge is -2.21. The molecule has 2 aromatic heterocycles. The smallest absolute Gasteiger partial charge is 0.227 e. The van der Waals surface area contributed by atoms with Gasteiger partial charge in [-0.15, -0.1) is 10.2 Å². The van der Waals surface area contributed by atoms with E-state index in [0.29, 0.717) is 11.6 Å². The number of piperidine rings is 1. The van der Waals surface area contributed by atoms with E-state index in [4.69, 9.17) is 4.52 Å². The maximum Gasteiger partial charge on any atom is 0.227 e. The van der Waals surface area contributed by atoms with Crippen molar-refractivity contribution < 1.29 is 9.32 Å². The van der Waals surface area contributed by atoms with Crippen LogP contribution in [0, 0.1) is 5.92 Å². The Hall–Kier alpha value is -3.59. The Balaban J connectivity index is 1.39. The summed E-state index contributed by atoms with van der Waals surface area (Å²) < 4.78 is 5.58. The van der Waals surface area contributed by atoms with Gasteiger partial charge in [0.05, 0.1) is 5.39 Å². The number of hydrogen-bond acceptors (Lipinski definition) is 7. The summed E-state index contributed by atoms with van der Waals surface area (Å²) in [4.78, 5) is 12.4. The highest BCUT2D eigenvalue weighted by molar-refractivity contribution is 5.95. The van der Waals surface area contributed by atoms with Crippen molar-refractivity contribution in [2.24, 2.45) is 5.92 Å². The highest BCUT2D eigenvalue weighted by atomic mass is 16.5. The van der Waals surface area contributed by atoms with Gasteiger partial charge in [0.15, 0.2) is 5.76 Å². The molecule has 3 heterocycles. The van der Waals surface area contributed by atoms with Crippen LogP contribution in [0.2, 0.25) is 0 Å². The summed E-state index contributed by atoms with van der Waals surface area (Å²) in [7, 11) is 0. The molecular weight excluding hydrogens is 370 g/mol. The number of amides is 1. The van der Waals surface area contributed by atoms with E-state index >= 15 is 0 Å². The first kappa shape index (κ1) is 17.5. The van der Waals surface area contributed by atoms with Gasteiger partial charge in [-0.1, -0.05) is 5.16 Å². The Morgan fingerprint density at radius 2 is 1.86 bits per heavy atom. The van der Waals surface area contributed by atoms with E-state index in [9.17, 15) is 4.79 Å². The second-order valence-electron chi connectivity index (χ2n) is 7.07. The van der Waals surface area contributed by atoms with Gasteiger partial charge in [0.1, 0.15) is 5.52 Å². The van der Waals surface area contributed by atoms with Crippen LogP contribution >= 0.6 is 0 Å². The maximum absolute atomic E-state index is 12.4. The molecule has 1 aliphatic rings. The van der Waals surface area contributed by atoms with Crippen LogP contribution in [0.4, 0.5) is 5.69 Å². The van der Waals surface area contributed by atoms with E-state index in [2.05, 4.69) is 36.4 Å². The van der Waals surface area contributed by atoms with Gasteiger partial charge in [0.25, 0.3) is 0 Å². The summed E-state index contributed by atoms with van der Waals surface area (Å²) in [6, 6.07) is 13.3. The van der Waals surface area contributed by atoms with E-state index in [1.54, 1.807) is 0 Å². The molecule has 4 aromatic rings. The molecule has 5 rings (SSSR count). The molecule has 0 unspecified atom stereocenters. The quantitative estimate of drug-likeness (QED) is 0.490. The van der Waals surface area contributed by atoms with Gasteiger partial charge in [-0.25, -0.2) is 0 Å². The Morgan fingerprint density at radius 1 is 1.07 bits per heavy atom. The fourth-order valence-corrected chi connectivity index (χ4v) is 3.61. The topological polar surface area (TPSA) is 122 Å². The third-order valence-corrected chi connectivity index (χ3v) is 5.20. The molecule has 146 valence electrons. The number of carbonyl (C=O) groups is 1. The van der Waals surface area contributed by atoms with Gasteiger partial charge in [-0.3, -0.25) is 4.79 Å². The van der Waals surface area contributed by atoms with Crippen LogP contribution in [0.25, 0.3) is 33.6 Å². The van der Waals surface area contributed by atoms with Crippen molar-refractivity contribution >= 4 is 22.5 Å². The van der Waals surface area contributed by atoms with E-state index in [0.717, 1.165) is 53.6 Å². The molecule has 9 nitrogen and oxygen atoms in total. The fourth-order valence-electron chi connectivity index (χ4n) is 3.61. The van der Waals surface area contributed by atoms with Crippen LogP contribution < -0.4 is 10.6 Å². The highest BCUT2D eigenvalue weighted by Gasteiger charge is 2.21. The zero-order valence-corrected chi connectivity index (χ0v) is 15.6. The molecule has 0 aliphatic carbocycles. The van der Waals surface area contributed by atoms with Gasteiger partial charge >= 0.3 is 0 Å². The number of benzene rings is 2. The molecule has 0 saturated carbocycles. The first-order valence-electron chi connectivity index (χ1n) is 9.53. The normalized spacial score (nSPS) is 14.9. The number of anilines is 1. The molecule has 0 radical (unpaired) electrons. The zero-order valence-electron chi connectivity index (χ0n) is 15.6. The molecule has 0 bridgehead atoms. The molecular formula is C20H19N7O2. The first-order chi connectivity index (χ1) is 14.3. The number of aromatic nitrogens is 5. The predicted octanol–water partition coefficient (Wildman–Crippen LogP) is 2.61. The van der Waals surface area contributed by atoms with E-state index in [1.807, 2.05) is 42.5 Å². The van der Waals surface area contributed by atoms with Crippen LogP contribution in [0.1, 0.15) is 12.8 Å². The average Bonchev–Trinajstić information content (AvgIpc) is 3.45. The third kappa shape index (κ3) is 3.47. The number of H-pyrrole nitrogens is 1. The van der Waals surface area contributed by atoms with Crippen molar-refractivity contribution in [1.29, 1.82) is 0 Å². The standard InChI is InChI=1S/C20H19N7O2/c28-20(13-7-9-21-10-8-13)22-15-4-1-12(2-5-15)18-16-11-14(19-23-26-27-24-19)3-6-17(16)25-29-18/h1-6,11,13,21H,7-10H2,(H,22,28)(H,23,24,26,27). The second-order valence-corrected chi connectivity index (χ2v) is 7.07. The minimum Gasteiger partial charge on any atom is -0.355 e. The fraction of sp³-hybridized carbons (Fsp3) is 0.250. The molecule has 3 N–H and O–H groups in total. The lowest BCUT2D eigenvalue weighted by molar-refractivity contribution is -0.120. The largest absolute Gasteiger partial charge is 0.355 e. The van der Waals surface area contributed by atoms with Gasteiger partial charge in [0.2, 0.25) is 11.7 Å². The summed E-state index contributed by atoms with van der Waals surface area (Å²) >= 11 is 0. The molecule has 1 fully saturated rings. The molecule has 0 spiro atoms. The second kappa shape index (κ2) is 7.44. The summed E-state index contributed by atoms with van der Waals surface area (Å²) in [5.74, 6) is 1.31. The van der Waals surface area contributed by atoms with Crippen LogP contribution in [0.15, 0.2) is 47.0 Å². The van der Waals surface area contributed by atoms with E-state index in [-0.39, 0.29) is 11.8 Å². The van der Waals surface area contributed by atoms with Crippen LogP contribution in [0.5, 0.6) is 0 Å². The van der Waals surface area contributed by atoms with Crippen molar-refractivity contribution in [3.8, 4) is 22.7 Å². The van der Waals surface area contributed by atoms with Gasteiger partial charge in [-0.05, 0) is 73.6 Å². The first-order valence-corrected chi connectivity index (χ1v) is 9.53. The number of nitrogens with zero attached hydrogens (tertiary/aromatic N) is 4. The molecule has 0 atom stereocenters. The lowest BCUT2D eigenvalue weighted by Crippen LogP contribution is -2.34. The maximum atomic E-state index is 12.4. The van der Waals surface area contributed by atoms with Crippen LogP contribution in [-0.4, -0.2) is 44.8 Å². The highest BCUT2D eigenvalue weighted by Crippen LogP contribution is 2.32. The Morgan fingerprint density at radius 3 is 2.62 bits per heavy atom. The Labute approximate surface area is 165 Å². The van der Waals surface area contributed by atoms with Crippen molar-refractivity contribution in [3.63, 3.8) is 0 Å². The summed E-state index contributed by atoms with van der Waals surface area (Å²) in [5.41, 5.74) is 3.21. The molecule has 1 amide bonds. The summed E-state index contributed by atoms with van der Waals surface area (Å²) in [6.45, 7) is 1.78. The van der Waals surface area contributed by atoms with Crippen molar-refractivity contribution in [2.75, 3.05) is 18.4 Å². The minimum atomic E-state index is 0.0673. The van der Waals surface area contributed by atoms with Gasteiger partial charge in [0, 0.05) is 22.7 Å². The van der Waals surface area contributed by atoms with Gasteiger partial charge < -0.3 is 15.2 Å². The summed E-state index contributed by atoms with van der Waals surface area (Å²) in [5, 5.41) is 25.4. The number of rotatable bonds is 4. The van der Waals surface area contributed by atoms with Crippen LogP contribution in [0.3, 0.4) is 0 Å². The predicted molar refractivity (Wildman–Crippen MR) is 107 cm³/mol. The van der Waals surface area contributed by atoms with Gasteiger partial charge in [-0.2, -0.15) is 5.21 Å². The van der Waals surface area contributed by atoms with Crippen molar-refractivity contribution in [1.82, 2.24) is 31.1 Å². The molecule has 9 heteroatoms. The number of aromatic amines is 1. The van der Waals surface area contributed by atoms with Crippen molar-refractivity contribution in [3.05, 3.63) is 42.5 Å². The number of fused-ring (bicyclic) bond motifs is 1. The third-order valence-electron chi connectivity index (χ3n) is 5.20. The number of hydrogen-bond donors (Lipinski definition) is 3. The number of tetrazole rings is 1.